The summed E-state index contributed by atoms with van der Waals surface area (Å²) in [6, 6.07) is 8.13. The van der Waals surface area contributed by atoms with Crippen LogP contribution in [0.15, 0.2) is 28.7 Å². The second-order valence-electron chi connectivity index (χ2n) is 6.29. The molecule has 110 valence electrons. The number of halogens is 1. The van der Waals surface area contributed by atoms with Crippen LogP contribution in [-0.4, -0.2) is 29.1 Å². The van der Waals surface area contributed by atoms with Crippen LogP contribution in [0.25, 0.3) is 0 Å². The first-order valence-corrected chi connectivity index (χ1v) is 7.86. The number of nitrogens with zero attached hydrogens (tertiary/aromatic N) is 1. The molecule has 3 nitrogen and oxygen atoms in total. The van der Waals surface area contributed by atoms with Crippen molar-refractivity contribution in [2.24, 2.45) is 0 Å². The van der Waals surface area contributed by atoms with E-state index in [4.69, 9.17) is 4.74 Å². The van der Waals surface area contributed by atoms with Crippen LogP contribution in [0, 0.1) is 0 Å². The number of likely N-dealkylation sites (tertiary alicyclic amines) is 1. The van der Waals surface area contributed by atoms with Crippen LogP contribution < -0.4 is 0 Å². The standard InChI is InChI=1S/C16H22BrNO2/c1-16(2,3)20-15(19)14-8-5-9-18(14)11-12-6-4-7-13(17)10-12/h4,6-7,10,14H,5,8-9,11H2,1-3H3/t14-/m1/s1. The molecule has 0 amide bonds. The maximum absolute atomic E-state index is 12.3. The summed E-state index contributed by atoms with van der Waals surface area (Å²) >= 11 is 3.49. The Morgan fingerprint density at radius 3 is 2.85 bits per heavy atom. The van der Waals surface area contributed by atoms with Crippen molar-refractivity contribution in [1.29, 1.82) is 0 Å². The largest absolute Gasteiger partial charge is 0.459 e. The van der Waals surface area contributed by atoms with E-state index in [1.807, 2.05) is 32.9 Å². The van der Waals surface area contributed by atoms with Crippen LogP contribution >= 0.6 is 15.9 Å². The predicted octanol–water partition coefficient (Wildman–Crippen LogP) is 3.76. The summed E-state index contributed by atoms with van der Waals surface area (Å²) in [5, 5.41) is 0. The molecule has 0 radical (unpaired) electrons. The van der Waals surface area contributed by atoms with Crippen molar-refractivity contribution in [1.82, 2.24) is 4.90 Å². The summed E-state index contributed by atoms with van der Waals surface area (Å²) in [7, 11) is 0. The van der Waals surface area contributed by atoms with E-state index in [0.717, 1.165) is 30.4 Å². The maximum Gasteiger partial charge on any atom is 0.323 e. The first kappa shape index (κ1) is 15.5. The molecule has 0 N–H and O–H groups in total. The van der Waals surface area contributed by atoms with Crippen LogP contribution in [0.5, 0.6) is 0 Å². The van der Waals surface area contributed by atoms with Gasteiger partial charge >= 0.3 is 5.97 Å². The van der Waals surface area contributed by atoms with Gasteiger partial charge in [-0.15, -0.1) is 0 Å². The topological polar surface area (TPSA) is 29.5 Å². The first-order valence-electron chi connectivity index (χ1n) is 7.06. The van der Waals surface area contributed by atoms with E-state index in [-0.39, 0.29) is 12.0 Å². The second-order valence-corrected chi connectivity index (χ2v) is 7.21. The van der Waals surface area contributed by atoms with Gasteiger partial charge in [0.25, 0.3) is 0 Å². The van der Waals surface area contributed by atoms with Gasteiger partial charge in [0.05, 0.1) is 0 Å². The van der Waals surface area contributed by atoms with Crippen LogP contribution in [0.4, 0.5) is 0 Å². The summed E-state index contributed by atoms with van der Waals surface area (Å²) in [6.07, 6.45) is 1.95. The van der Waals surface area contributed by atoms with Gasteiger partial charge in [0.15, 0.2) is 0 Å². The summed E-state index contributed by atoms with van der Waals surface area (Å²) in [4.78, 5) is 14.5. The number of rotatable bonds is 3. The van der Waals surface area contributed by atoms with Crippen molar-refractivity contribution in [2.45, 2.75) is 51.8 Å². The van der Waals surface area contributed by atoms with Crippen molar-refractivity contribution in [3.63, 3.8) is 0 Å². The summed E-state index contributed by atoms with van der Waals surface area (Å²) in [5.74, 6) is -0.0926. The van der Waals surface area contributed by atoms with Crippen LogP contribution in [0.2, 0.25) is 0 Å². The van der Waals surface area contributed by atoms with Gasteiger partial charge in [-0.2, -0.15) is 0 Å². The highest BCUT2D eigenvalue weighted by atomic mass is 79.9. The van der Waals surface area contributed by atoms with E-state index in [1.54, 1.807) is 0 Å². The molecule has 20 heavy (non-hydrogen) atoms. The summed E-state index contributed by atoms with van der Waals surface area (Å²) in [6.45, 7) is 7.50. The molecule has 4 heteroatoms. The Labute approximate surface area is 129 Å². The number of benzene rings is 1. The highest BCUT2D eigenvalue weighted by molar-refractivity contribution is 9.10. The zero-order valence-electron chi connectivity index (χ0n) is 12.4. The van der Waals surface area contributed by atoms with Gasteiger partial charge < -0.3 is 4.74 Å². The molecule has 2 rings (SSSR count). The minimum absolute atomic E-state index is 0.0926. The lowest BCUT2D eigenvalue weighted by molar-refractivity contribution is -0.160. The maximum atomic E-state index is 12.3. The number of hydrogen-bond donors (Lipinski definition) is 0. The van der Waals surface area contributed by atoms with E-state index in [9.17, 15) is 4.79 Å². The molecule has 1 fully saturated rings. The van der Waals surface area contributed by atoms with Gasteiger partial charge in [0.2, 0.25) is 0 Å². The van der Waals surface area contributed by atoms with Gasteiger partial charge in [-0.25, -0.2) is 0 Å². The van der Waals surface area contributed by atoms with E-state index >= 15 is 0 Å². The Bertz CT molecular complexity index is 482. The fourth-order valence-electron chi connectivity index (χ4n) is 2.52. The Balaban J connectivity index is 2.02. The zero-order chi connectivity index (χ0) is 14.8. The Morgan fingerprint density at radius 1 is 1.45 bits per heavy atom. The second kappa shape index (κ2) is 6.27. The lowest BCUT2D eigenvalue weighted by atomic mass is 10.1. The van der Waals surface area contributed by atoms with Crippen molar-refractivity contribution in [2.75, 3.05) is 6.54 Å². The molecule has 0 unspecified atom stereocenters. The fourth-order valence-corrected chi connectivity index (χ4v) is 2.97. The summed E-state index contributed by atoms with van der Waals surface area (Å²) in [5.41, 5.74) is 0.802. The Hall–Kier alpha value is -0.870. The van der Waals surface area contributed by atoms with Crippen molar-refractivity contribution in [3.05, 3.63) is 34.3 Å². The molecule has 0 aliphatic carbocycles. The number of ether oxygens (including phenoxy) is 1. The number of esters is 1. The van der Waals surface area contributed by atoms with Crippen LogP contribution in [0.1, 0.15) is 39.2 Å². The zero-order valence-corrected chi connectivity index (χ0v) is 13.9. The smallest absolute Gasteiger partial charge is 0.323 e. The van der Waals surface area contributed by atoms with E-state index < -0.39 is 5.60 Å². The van der Waals surface area contributed by atoms with E-state index in [1.165, 1.54) is 5.56 Å². The monoisotopic (exact) mass is 339 g/mol. The average Bonchev–Trinajstić information content (AvgIpc) is 2.75. The molecule has 0 bridgehead atoms. The molecule has 1 atom stereocenters. The molecule has 1 aliphatic heterocycles. The molecule has 0 spiro atoms. The Morgan fingerprint density at radius 2 is 2.20 bits per heavy atom. The third kappa shape index (κ3) is 4.32. The van der Waals surface area contributed by atoms with Gasteiger partial charge in [-0.05, 0) is 57.9 Å². The number of carbonyl (C=O) groups excluding carboxylic acids is 1. The van der Waals surface area contributed by atoms with Gasteiger partial charge in [0.1, 0.15) is 11.6 Å². The highest BCUT2D eigenvalue weighted by Gasteiger charge is 2.33. The quantitative estimate of drug-likeness (QED) is 0.785. The van der Waals surface area contributed by atoms with Gasteiger partial charge in [-0.1, -0.05) is 28.1 Å². The molecule has 1 heterocycles. The third-order valence-electron chi connectivity index (χ3n) is 3.32. The Kier molecular flexibility index (Phi) is 4.86. The van der Waals surface area contributed by atoms with Crippen LogP contribution in [0.3, 0.4) is 0 Å². The third-order valence-corrected chi connectivity index (χ3v) is 3.81. The number of hydrogen-bond acceptors (Lipinski definition) is 3. The van der Waals surface area contributed by atoms with Crippen LogP contribution in [-0.2, 0) is 16.1 Å². The molecule has 1 aromatic carbocycles. The number of carbonyl (C=O) groups is 1. The minimum atomic E-state index is -0.416. The van der Waals surface area contributed by atoms with Crippen molar-refractivity contribution >= 4 is 21.9 Å². The molecular weight excluding hydrogens is 318 g/mol. The molecule has 1 saturated heterocycles. The molecular formula is C16H22BrNO2. The molecule has 0 aromatic heterocycles. The normalized spacial score (nSPS) is 20.1. The average molecular weight is 340 g/mol. The minimum Gasteiger partial charge on any atom is -0.459 e. The molecule has 0 saturated carbocycles. The van der Waals surface area contributed by atoms with Crippen molar-refractivity contribution < 1.29 is 9.53 Å². The van der Waals surface area contributed by atoms with Gasteiger partial charge in [0, 0.05) is 11.0 Å². The van der Waals surface area contributed by atoms with E-state index in [0.29, 0.717) is 0 Å². The first-order chi connectivity index (χ1) is 9.35. The lowest BCUT2D eigenvalue weighted by Crippen LogP contribution is -2.40. The van der Waals surface area contributed by atoms with Crippen molar-refractivity contribution in [3.8, 4) is 0 Å². The molecule has 1 aromatic rings. The summed E-state index contributed by atoms with van der Waals surface area (Å²) < 4.78 is 6.60. The molecule has 1 aliphatic rings. The lowest BCUT2D eigenvalue weighted by Gasteiger charge is -2.27. The predicted molar refractivity (Wildman–Crippen MR) is 83.4 cm³/mol. The highest BCUT2D eigenvalue weighted by Crippen LogP contribution is 2.24. The van der Waals surface area contributed by atoms with E-state index in [2.05, 4.69) is 33.0 Å². The fraction of sp³-hybridized carbons (Fsp3) is 0.562. The van der Waals surface area contributed by atoms with Gasteiger partial charge in [-0.3, -0.25) is 9.69 Å². The SMILES string of the molecule is CC(C)(C)OC(=O)[C@H]1CCCN1Cc1cccc(Br)c1.